The summed E-state index contributed by atoms with van der Waals surface area (Å²) in [5.74, 6) is -1.01. The summed E-state index contributed by atoms with van der Waals surface area (Å²) in [6.07, 6.45) is 4.97. The van der Waals surface area contributed by atoms with Gasteiger partial charge in [-0.2, -0.15) is 0 Å². The highest BCUT2D eigenvalue weighted by Crippen LogP contribution is 2.17. The van der Waals surface area contributed by atoms with Crippen LogP contribution in [0.5, 0.6) is 0 Å². The summed E-state index contributed by atoms with van der Waals surface area (Å²) < 4.78 is 4.93. The number of rotatable bonds is 2. The number of amides is 3. The number of hydrogen-bond acceptors (Lipinski definition) is 4. The first kappa shape index (κ1) is 16.6. The van der Waals surface area contributed by atoms with Crippen molar-refractivity contribution in [2.45, 2.75) is 45.1 Å². The van der Waals surface area contributed by atoms with E-state index in [0.29, 0.717) is 32.8 Å². The standard InChI is InChI=1S/C15H25N3O4/c1-2-22-15(21)18-10-8-17(9-11-18)14(20)13(19)16-12-6-4-3-5-7-12/h12H,2-11H2,1H3,(H,16,19). The molecule has 7 heteroatoms. The van der Waals surface area contributed by atoms with Crippen LogP contribution in [0.1, 0.15) is 39.0 Å². The molecule has 0 atom stereocenters. The third kappa shape index (κ3) is 4.35. The highest BCUT2D eigenvalue weighted by Gasteiger charge is 2.29. The number of ether oxygens (including phenoxy) is 1. The van der Waals surface area contributed by atoms with Gasteiger partial charge >= 0.3 is 17.9 Å². The smallest absolute Gasteiger partial charge is 0.409 e. The average Bonchev–Trinajstić information content (AvgIpc) is 2.55. The summed E-state index contributed by atoms with van der Waals surface area (Å²) in [6, 6.07) is 0.131. The Bertz CT molecular complexity index is 413. The van der Waals surface area contributed by atoms with Crippen molar-refractivity contribution in [3.63, 3.8) is 0 Å². The first-order chi connectivity index (χ1) is 10.6. The molecule has 7 nitrogen and oxygen atoms in total. The van der Waals surface area contributed by atoms with E-state index in [1.807, 2.05) is 0 Å². The molecule has 1 aliphatic carbocycles. The fourth-order valence-corrected chi connectivity index (χ4v) is 2.94. The summed E-state index contributed by atoms with van der Waals surface area (Å²) in [4.78, 5) is 38.8. The van der Waals surface area contributed by atoms with Crippen LogP contribution in [0, 0.1) is 0 Å². The second-order valence-corrected chi connectivity index (χ2v) is 5.79. The molecule has 0 aromatic carbocycles. The van der Waals surface area contributed by atoms with E-state index < -0.39 is 11.8 Å². The molecular weight excluding hydrogens is 286 g/mol. The van der Waals surface area contributed by atoms with Gasteiger partial charge in [-0.05, 0) is 19.8 Å². The minimum Gasteiger partial charge on any atom is -0.450 e. The predicted molar refractivity (Wildman–Crippen MR) is 80.2 cm³/mol. The van der Waals surface area contributed by atoms with Crippen LogP contribution in [0.15, 0.2) is 0 Å². The molecule has 1 saturated carbocycles. The second kappa shape index (κ2) is 8.00. The first-order valence-corrected chi connectivity index (χ1v) is 8.13. The van der Waals surface area contributed by atoms with E-state index in [2.05, 4.69) is 5.32 Å². The summed E-state index contributed by atoms with van der Waals surface area (Å²) in [6.45, 7) is 3.64. The van der Waals surface area contributed by atoms with E-state index in [4.69, 9.17) is 4.74 Å². The van der Waals surface area contributed by atoms with Crippen LogP contribution in [0.4, 0.5) is 4.79 Å². The van der Waals surface area contributed by atoms with Gasteiger partial charge in [0.05, 0.1) is 6.61 Å². The normalized spacial score (nSPS) is 19.7. The Balaban J connectivity index is 1.76. The van der Waals surface area contributed by atoms with Crippen molar-refractivity contribution in [2.24, 2.45) is 0 Å². The molecule has 0 radical (unpaired) electrons. The van der Waals surface area contributed by atoms with Gasteiger partial charge in [0.25, 0.3) is 0 Å². The van der Waals surface area contributed by atoms with Gasteiger partial charge in [0.2, 0.25) is 0 Å². The lowest BCUT2D eigenvalue weighted by Crippen LogP contribution is -2.54. The maximum Gasteiger partial charge on any atom is 0.409 e. The van der Waals surface area contributed by atoms with Crippen LogP contribution in [-0.4, -0.2) is 66.5 Å². The number of hydrogen-bond donors (Lipinski definition) is 1. The molecule has 1 heterocycles. The van der Waals surface area contributed by atoms with Crippen molar-refractivity contribution in [3.8, 4) is 0 Å². The Kier molecular flexibility index (Phi) is 6.03. The van der Waals surface area contributed by atoms with Crippen LogP contribution in [0.25, 0.3) is 0 Å². The number of nitrogens with one attached hydrogen (secondary N) is 1. The van der Waals surface area contributed by atoms with Gasteiger partial charge in [-0.15, -0.1) is 0 Å². The Morgan fingerprint density at radius 3 is 2.18 bits per heavy atom. The lowest BCUT2D eigenvalue weighted by molar-refractivity contribution is -0.147. The van der Waals surface area contributed by atoms with Crippen molar-refractivity contribution in [1.82, 2.24) is 15.1 Å². The molecule has 22 heavy (non-hydrogen) atoms. The molecule has 1 aliphatic heterocycles. The quantitative estimate of drug-likeness (QED) is 0.763. The SMILES string of the molecule is CCOC(=O)N1CCN(C(=O)C(=O)NC2CCCCC2)CC1. The molecule has 124 valence electrons. The third-order valence-electron chi connectivity index (χ3n) is 4.23. The van der Waals surface area contributed by atoms with Gasteiger partial charge in [0, 0.05) is 32.2 Å². The average molecular weight is 311 g/mol. The molecule has 0 aromatic rings. The van der Waals surface area contributed by atoms with Crippen molar-refractivity contribution in [2.75, 3.05) is 32.8 Å². The van der Waals surface area contributed by atoms with Crippen LogP contribution in [-0.2, 0) is 14.3 Å². The molecule has 0 spiro atoms. The molecule has 1 saturated heterocycles. The molecule has 0 aromatic heterocycles. The Labute approximate surface area is 131 Å². The minimum atomic E-state index is -0.517. The summed E-state index contributed by atoms with van der Waals surface area (Å²) in [7, 11) is 0. The zero-order valence-corrected chi connectivity index (χ0v) is 13.2. The molecular formula is C15H25N3O4. The number of carbonyl (C=O) groups excluding carboxylic acids is 3. The zero-order valence-electron chi connectivity index (χ0n) is 13.2. The second-order valence-electron chi connectivity index (χ2n) is 5.79. The fourth-order valence-electron chi connectivity index (χ4n) is 2.94. The monoisotopic (exact) mass is 311 g/mol. The molecule has 0 unspecified atom stereocenters. The molecule has 2 rings (SSSR count). The van der Waals surface area contributed by atoms with E-state index in [9.17, 15) is 14.4 Å². The molecule has 2 fully saturated rings. The van der Waals surface area contributed by atoms with Gasteiger partial charge in [-0.25, -0.2) is 4.79 Å². The number of piperazine rings is 1. The summed E-state index contributed by atoms with van der Waals surface area (Å²) >= 11 is 0. The van der Waals surface area contributed by atoms with Crippen molar-refractivity contribution < 1.29 is 19.1 Å². The highest BCUT2D eigenvalue weighted by molar-refractivity contribution is 6.35. The van der Waals surface area contributed by atoms with Crippen LogP contribution < -0.4 is 5.32 Å². The lowest BCUT2D eigenvalue weighted by Gasteiger charge is -2.34. The van der Waals surface area contributed by atoms with Crippen LogP contribution >= 0.6 is 0 Å². The highest BCUT2D eigenvalue weighted by atomic mass is 16.6. The van der Waals surface area contributed by atoms with Crippen LogP contribution in [0.2, 0.25) is 0 Å². The molecule has 0 bridgehead atoms. The van der Waals surface area contributed by atoms with E-state index in [1.54, 1.807) is 11.8 Å². The Morgan fingerprint density at radius 1 is 1.00 bits per heavy atom. The number of nitrogens with zero attached hydrogens (tertiary/aromatic N) is 2. The predicted octanol–water partition coefficient (Wildman–Crippen LogP) is 0.736. The van der Waals surface area contributed by atoms with Gasteiger partial charge in [0.15, 0.2) is 0 Å². The Hall–Kier alpha value is -1.79. The van der Waals surface area contributed by atoms with E-state index in [1.165, 1.54) is 11.3 Å². The summed E-state index contributed by atoms with van der Waals surface area (Å²) in [5.41, 5.74) is 0. The molecule has 2 aliphatic rings. The van der Waals surface area contributed by atoms with Crippen molar-refractivity contribution in [3.05, 3.63) is 0 Å². The topological polar surface area (TPSA) is 79.0 Å². The third-order valence-corrected chi connectivity index (χ3v) is 4.23. The van der Waals surface area contributed by atoms with Gasteiger partial charge in [-0.3, -0.25) is 9.59 Å². The largest absolute Gasteiger partial charge is 0.450 e. The summed E-state index contributed by atoms with van der Waals surface area (Å²) in [5, 5.41) is 2.83. The van der Waals surface area contributed by atoms with Gasteiger partial charge in [0.1, 0.15) is 0 Å². The van der Waals surface area contributed by atoms with Crippen molar-refractivity contribution >= 4 is 17.9 Å². The van der Waals surface area contributed by atoms with E-state index in [-0.39, 0.29) is 12.1 Å². The zero-order chi connectivity index (χ0) is 15.9. The first-order valence-electron chi connectivity index (χ1n) is 8.13. The van der Waals surface area contributed by atoms with E-state index >= 15 is 0 Å². The van der Waals surface area contributed by atoms with Gasteiger partial charge < -0.3 is 19.9 Å². The Morgan fingerprint density at radius 2 is 1.59 bits per heavy atom. The van der Waals surface area contributed by atoms with Crippen molar-refractivity contribution in [1.29, 1.82) is 0 Å². The minimum absolute atomic E-state index is 0.131. The maximum absolute atomic E-state index is 12.2. The lowest BCUT2D eigenvalue weighted by atomic mass is 9.95. The fraction of sp³-hybridized carbons (Fsp3) is 0.800. The maximum atomic E-state index is 12.2. The number of carbonyl (C=O) groups is 3. The van der Waals surface area contributed by atoms with Gasteiger partial charge in [-0.1, -0.05) is 19.3 Å². The molecule has 3 amide bonds. The molecule has 1 N–H and O–H groups in total. The van der Waals surface area contributed by atoms with E-state index in [0.717, 1.165) is 25.7 Å². The van der Waals surface area contributed by atoms with Crippen LogP contribution in [0.3, 0.4) is 0 Å².